The quantitative estimate of drug-likeness (QED) is 0.843. The Hall–Kier alpha value is -0.960. The summed E-state index contributed by atoms with van der Waals surface area (Å²) in [6.45, 7) is 10.4. The number of benzene rings is 1. The largest absolute Gasteiger partial charge is 0.309 e. The number of nitrogens with one attached hydrogen (secondary N) is 1. The second-order valence-corrected chi connectivity index (χ2v) is 5.85. The molecule has 0 amide bonds. The number of hydrogen-bond donors (Lipinski definition) is 1. The van der Waals surface area contributed by atoms with E-state index < -0.39 is 11.6 Å². The van der Waals surface area contributed by atoms with E-state index in [4.69, 9.17) is 0 Å². The Kier molecular flexibility index (Phi) is 4.85. The van der Waals surface area contributed by atoms with Crippen LogP contribution in [-0.2, 0) is 0 Å². The van der Waals surface area contributed by atoms with Crippen LogP contribution in [0.4, 0.5) is 8.78 Å². The van der Waals surface area contributed by atoms with Gasteiger partial charge in [-0.2, -0.15) is 0 Å². The third-order valence-electron chi connectivity index (χ3n) is 3.07. The van der Waals surface area contributed by atoms with E-state index in [-0.39, 0.29) is 17.0 Å². The van der Waals surface area contributed by atoms with Gasteiger partial charge in [-0.05, 0) is 36.9 Å². The van der Waals surface area contributed by atoms with Crippen molar-refractivity contribution in [1.82, 2.24) is 5.32 Å². The highest BCUT2D eigenvalue weighted by Crippen LogP contribution is 2.36. The number of rotatable bonds is 4. The maximum atomic E-state index is 14.2. The minimum Gasteiger partial charge on any atom is -0.309 e. The highest BCUT2D eigenvalue weighted by atomic mass is 19.1. The molecule has 0 heterocycles. The van der Waals surface area contributed by atoms with Crippen LogP contribution >= 0.6 is 0 Å². The molecule has 0 bridgehead atoms. The van der Waals surface area contributed by atoms with Gasteiger partial charge in [0, 0.05) is 11.6 Å². The van der Waals surface area contributed by atoms with E-state index in [0.717, 1.165) is 13.0 Å². The van der Waals surface area contributed by atoms with Crippen LogP contribution in [0.3, 0.4) is 0 Å². The topological polar surface area (TPSA) is 12.0 Å². The lowest BCUT2D eigenvalue weighted by Crippen LogP contribution is -2.34. The maximum absolute atomic E-state index is 14.2. The van der Waals surface area contributed by atoms with Crippen molar-refractivity contribution in [2.45, 2.75) is 47.1 Å². The number of aryl methyl sites for hydroxylation is 1. The van der Waals surface area contributed by atoms with Gasteiger partial charge in [-0.1, -0.05) is 33.8 Å². The van der Waals surface area contributed by atoms with E-state index in [2.05, 4.69) is 5.32 Å². The SMILES string of the molecule is CCCNC(c1c(F)ccc(C)c1F)C(C)(C)C. The Balaban J connectivity index is 3.25. The van der Waals surface area contributed by atoms with Gasteiger partial charge in [0.15, 0.2) is 0 Å². The van der Waals surface area contributed by atoms with Crippen LogP contribution in [0, 0.1) is 24.0 Å². The van der Waals surface area contributed by atoms with Gasteiger partial charge < -0.3 is 5.32 Å². The summed E-state index contributed by atoms with van der Waals surface area (Å²) in [7, 11) is 0. The molecular formula is C15H23F2N. The van der Waals surface area contributed by atoms with Crippen LogP contribution in [-0.4, -0.2) is 6.54 Å². The minimum atomic E-state index is -0.471. The van der Waals surface area contributed by atoms with Crippen molar-refractivity contribution in [1.29, 1.82) is 0 Å². The summed E-state index contributed by atoms with van der Waals surface area (Å²) in [5, 5.41) is 3.25. The Bertz CT molecular complexity index is 408. The fourth-order valence-electron chi connectivity index (χ4n) is 2.07. The lowest BCUT2D eigenvalue weighted by atomic mass is 9.81. The van der Waals surface area contributed by atoms with Crippen molar-refractivity contribution >= 4 is 0 Å². The Morgan fingerprint density at radius 2 is 1.83 bits per heavy atom. The first-order chi connectivity index (χ1) is 8.29. The Labute approximate surface area is 109 Å². The molecule has 0 aliphatic heterocycles. The first-order valence-corrected chi connectivity index (χ1v) is 6.47. The monoisotopic (exact) mass is 255 g/mol. The molecule has 3 heteroatoms. The zero-order valence-corrected chi connectivity index (χ0v) is 11.9. The van der Waals surface area contributed by atoms with Crippen LogP contribution in [0.5, 0.6) is 0 Å². The van der Waals surface area contributed by atoms with Gasteiger partial charge in [0.2, 0.25) is 0 Å². The third kappa shape index (κ3) is 3.29. The fourth-order valence-corrected chi connectivity index (χ4v) is 2.07. The summed E-state index contributed by atoms with van der Waals surface area (Å²) in [5.74, 6) is -0.903. The normalized spacial score (nSPS) is 13.7. The molecule has 0 aliphatic rings. The van der Waals surface area contributed by atoms with Gasteiger partial charge in [0.1, 0.15) is 11.6 Å². The lowest BCUT2D eigenvalue weighted by molar-refractivity contribution is 0.259. The van der Waals surface area contributed by atoms with Gasteiger partial charge in [-0.25, -0.2) is 8.78 Å². The first-order valence-electron chi connectivity index (χ1n) is 6.47. The second-order valence-electron chi connectivity index (χ2n) is 5.85. The van der Waals surface area contributed by atoms with Crippen molar-refractivity contribution < 1.29 is 8.78 Å². The van der Waals surface area contributed by atoms with Crippen molar-refractivity contribution in [3.05, 3.63) is 34.9 Å². The Morgan fingerprint density at radius 3 is 2.33 bits per heavy atom. The molecule has 1 aromatic rings. The summed E-state index contributed by atoms with van der Waals surface area (Å²) in [5.41, 5.74) is 0.403. The Morgan fingerprint density at radius 1 is 1.22 bits per heavy atom. The van der Waals surface area contributed by atoms with Crippen LogP contribution in [0.2, 0.25) is 0 Å². The molecule has 0 spiro atoms. The van der Waals surface area contributed by atoms with Crippen molar-refractivity contribution in [3.8, 4) is 0 Å². The van der Waals surface area contributed by atoms with E-state index >= 15 is 0 Å². The van der Waals surface area contributed by atoms with Gasteiger partial charge in [0.25, 0.3) is 0 Å². The molecule has 18 heavy (non-hydrogen) atoms. The highest BCUT2D eigenvalue weighted by Gasteiger charge is 2.31. The molecule has 0 fully saturated rings. The smallest absolute Gasteiger partial charge is 0.133 e. The molecule has 0 aliphatic carbocycles. The second kappa shape index (κ2) is 5.79. The summed E-state index contributed by atoms with van der Waals surface area (Å²) in [6, 6.07) is 2.51. The summed E-state index contributed by atoms with van der Waals surface area (Å²) >= 11 is 0. The molecule has 1 atom stereocenters. The summed E-state index contributed by atoms with van der Waals surface area (Å²) in [6.07, 6.45) is 0.932. The van der Waals surface area contributed by atoms with E-state index in [1.165, 1.54) is 12.1 Å². The number of halogens is 2. The van der Waals surface area contributed by atoms with Crippen LogP contribution < -0.4 is 5.32 Å². The molecule has 1 rings (SSSR count). The predicted octanol–water partition coefficient (Wildman–Crippen LogP) is 4.36. The average molecular weight is 255 g/mol. The van der Waals surface area contributed by atoms with Gasteiger partial charge in [0.05, 0.1) is 0 Å². The third-order valence-corrected chi connectivity index (χ3v) is 3.07. The fraction of sp³-hybridized carbons (Fsp3) is 0.600. The van der Waals surface area contributed by atoms with Crippen molar-refractivity contribution in [3.63, 3.8) is 0 Å². The van der Waals surface area contributed by atoms with Gasteiger partial charge >= 0.3 is 0 Å². The first kappa shape index (κ1) is 15.1. The van der Waals surface area contributed by atoms with Crippen molar-refractivity contribution in [2.75, 3.05) is 6.54 Å². The van der Waals surface area contributed by atoms with Crippen LogP contribution in [0.15, 0.2) is 12.1 Å². The molecule has 0 aromatic heterocycles. The minimum absolute atomic E-state index is 0.163. The summed E-state index contributed by atoms with van der Waals surface area (Å²) < 4.78 is 28.1. The maximum Gasteiger partial charge on any atom is 0.133 e. The molecule has 1 N–H and O–H groups in total. The average Bonchev–Trinajstić information content (AvgIpc) is 2.27. The molecule has 102 valence electrons. The zero-order valence-electron chi connectivity index (χ0n) is 11.9. The molecular weight excluding hydrogens is 232 g/mol. The molecule has 0 saturated carbocycles. The van der Waals surface area contributed by atoms with Crippen molar-refractivity contribution in [2.24, 2.45) is 5.41 Å². The standard InChI is InChI=1S/C15H23F2N/c1-6-9-18-14(15(3,4)5)12-11(16)8-7-10(2)13(12)17/h7-8,14,18H,6,9H2,1-5H3. The molecule has 0 saturated heterocycles. The van der Waals surface area contributed by atoms with E-state index in [0.29, 0.717) is 5.56 Å². The van der Waals surface area contributed by atoms with E-state index in [1.54, 1.807) is 6.92 Å². The molecule has 0 radical (unpaired) electrons. The highest BCUT2D eigenvalue weighted by molar-refractivity contribution is 5.30. The molecule has 1 unspecified atom stereocenters. The molecule has 1 nitrogen and oxygen atoms in total. The van der Waals surface area contributed by atoms with Crippen LogP contribution in [0.25, 0.3) is 0 Å². The van der Waals surface area contributed by atoms with Gasteiger partial charge in [-0.3, -0.25) is 0 Å². The van der Waals surface area contributed by atoms with Crippen LogP contribution in [0.1, 0.15) is 51.3 Å². The van der Waals surface area contributed by atoms with E-state index in [1.807, 2.05) is 27.7 Å². The molecule has 1 aromatic carbocycles. The summed E-state index contributed by atoms with van der Waals surface area (Å²) in [4.78, 5) is 0. The zero-order chi connectivity index (χ0) is 13.9. The van der Waals surface area contributed by atoms with Gasteiger partial charge in [-0.15, -0.1) is 0 Å². The predicted molar refractivity (Wildman–Crippen MR) is 71.6 cm³/mol. The number of hydrogen-bond acceptors (Lipinski definition) is 1. The van der Waals surface area contributed by atoms with E-state index in [9.17, 15) is 8.78 Å². The lowest BCUT2D eigenvalue weighted by Gasteiger charge is -2.33.